The zero-order chi connectivity index (χ0) is 13.5. The van der Waals surface area contributed by atoms with Gasteiger partial charge in [0.15, 0.2) is 0 Å². The van der Waals surface area contributed by atoms with Crippen molar-refractivity contribution in [1.82, 2.24) is 5.32 Å². The molecule has 0 bridgehead atoms. The van der Waals surface area contributed by atoms with E-state index in [1.54, 1.807) is 12.1 Å². The highest BCUT2D eigenvalue weighted by molar-refractivity contribution is 5.17. The number of nitrogens with one attached hydrogen (secondary N) is 1. The van der Waals surface area contributed by atoms with Gasteiger partial charge in [-0.2, -0.15) is 0 Å². The Morgan fingerprint density at radius 2 is 2.00 bits per heavy atom. The van der Waals surface area contributed by atoms with E-state index in [1.807, 2.05) is 12.1 Å². The number of hydrogen-bond donors (Lipinski definition) is 1. The van der Waals surface area contributed by atoms with Crippen LogP contribution in [0.15, 0.2) is 24.3 Å². The molecule has 1 fully saturated rings. The highest BCUT2D eigenvalue weighted by Crippen LogP contribution is 2.26. The molecule has 0 amide bonds. The third-order valence-corrected chi connectivity index (χ3v) is 4.32. The van der Waals surface area contributed by atoms with E-state index < -0.39 is 0 Å². The van der Waals surface area contributed by atoms with E-state index in [9.17, 15) is 4.39 Å². The molecule has 1 aromatic rings. The third kappa shape index (κ3) is 4.61. The molecule has 0 saturated heterocycles. The maximum atomic E-state index is 13.5. The van der Waals surface area contributed by atoms with Crippen LogP contribution in [0.4, 0.5) is 4.39 Å². The van der Waals surface area contributed by atoms with Crippen LogP contribution < -0.4 is 5.32 Å². The SMILES string of the molecule is CCCC1CCCC(NCc2ccccc2F)CC1. The lowest BCUT2D eigenvalue weighted by Gasteiger charge is -2.17. The van der Waals surface area contributed by atoms with Crippen molar-refractivity contribution in [1.29, 1.82) is 0 Å². The van der Waals surface area contributed by atoms with Crippen molar-refractivity contribution in [3.63, 3.8) is 0 Å². The largest absolute Gasteiger partial charge is 0.310 e. The van der Waals surface area contributed by atoms with Gasteiger partial charge >= 0.3 is 0 Å². The Bertz CT molecular complexity index is 377. The number of hydrogen-bond acceptors (Lipinski definition) is 1. The summed E-state index contributed by atoms with van der Waals surface area (Å²) in [5, 5.41) is 3.54. The first-order chi connectivity index (χ1) is 9.29. The van der Waals surface area contributed by atoms with Gasteiger partial charge in [0.2, 0.25) is 0 Å². The predicted octanol–water partition coefficient (Wildman–Crippen LogP) is 4.66. The molecule has 2 heteroatoms. The quantitative estimate of drug-likeness (QED) is 0.762. The normalized spacial score (nSPS) is 24.1. The van der Waals surface area contributed by atoms with Crippen LogP contribution in [0.5, 0.6) is 0 Å². The van der Waals surface area contributed by atoms with Crippen LogP contribution in [-0.4, -0.2) is 6.04 Å². The van der Waals surface area contributed by atoms with Gasteiger partial charge in [-0.1, -0.05) is 50.8 Å². The first-order valence-electron chi connectivity index (χ1n) is 7.76. The van der Waals surface area contributed by atoms with Gasteiger partial charge in [0, 0.05) is 18.2 Å². The van der Waals surface area contributed by atoms with Crippen LogP contribution in [0.25, 0.3) is 0 Å². The lowest BCUT2D eigenvalue weighted by atomic mass is 9.95. The minimum Gasteiger partial charge on any atom is -0.310 e. The molecule has 1 saturated carbocycles. The Morgan fingerprint density at radius 1 is 1.16 bits per heavy atom. The molecule has 0 aromatic heterocycles. The van der Waals surface area contributed by atoms with E-state index in [1.165, 1.54) is 44.9 Å². The van der Waals surface area contributed by atoms with Crippen LogP contribution in [0.1, 0.15) is 57.4 Å². The molecule has 1 nitrogen and oxygen atoms in total. The summed E-state index contributed by atoms with van der Waals surface area (Å²) in [5.41, 5.74) is 0.789. The van der Waals surface area contributed by atoms with Crippen molar-refractivity contribution in [2.24, 2.45) is 5.92 Å². The lowest BCUT2D eigenvalue weighted by molar-refractivity contribution is 0.408. The Labute approximate surface area is 116 Å². The lowest BCUT2D eigenvalue weighted by Crippen LogP contribution is -2.28. The van der Waals surface area contributed by atoms with Gasteiger partial charge in [-0.15, -0.1) is 0 Å². The third-order valence-electron chi connectivity index (χ3n) is 4.32. The molecule has 1 aliphatic rings. The molecular weight excluding hydrogens is 237 g/mol. The van der Waals surface area contributed by atoms with Gasteiger partial charge in [0.05, 0.1) is 0 Å². The topological polar surface area (TPSA) is 12.0 Å². The fourth-order valence-electron chi connectivity index (χ4n) is 3.18. The summed E-state index contributed by atoms with van der Waals surface area (Å²) in [6, 6.07) is 7.64. The van der Waals surface area contributed by atoms with Crippen LogP contribution in [0.2, 0.25) is 0 Å². The Hall–Kier alpha value is -0.890. The van der Waals surface area contributed by atoms with Gasteiger partial charge in [-0.25, -0.2) is 4.39 Å². The predicted molar refractivity (Wildman–Crippen MR) is 78.5 cm³/mol. The summed E-state index contributed by atoms with van der Waals surface area (Å²) in [5.74, 6) is 0.831. The molecule has 1 N–H and O–H groups in total. The molecule has 106 valence electrons. The van der Waals surface area contributed by atoms with Crippen LogP contribution in [0.3, 0.4) is 0 Å². The molecule has 0 aliphatic heterocycles. The fourth-order valence-corrected chi connectivity index (χ4v) is 3.18. The minimum atomic E-state index is -0.0903. The summed E-state index contributed by atoms with van der Waals surface area (Å²) in [4.78, 5) is 0. The van der Waals surface area contributed by atoms with E-state index in [-0.39, 0.29) is 5.82 Å². The average molecular weight is 263 g/mol. The Kier molecular flexibility index (Phi) is 5.84. The van der Waals surface area contributed by atoms with Crippen molar-refractivity contribution in [2.75, 3.05) is 0 Å². The number of benzene rings is 1. The molecule has 0 heterocycles. The first-order valence-corrected chi connectivity index (χ1v) is 7.76. The Morgan fingerprint density at radius 3 is 2.79 bits per heavy atom. The highest BCUT2D eigenvalue weighted by atomic mass is 19.1. The van der Waals surface area contributed by atoms with Crippen molar-refractivity contribution in [3.8, 4) is 0 Å². The summed E-state index contributed by atoms with van der Waals surface area (Å²) < 4.78 is 13.5. The van der Waals surface area contributed by atoms with Crippen LogP contribution in [-0.2, 0) is 6.54 Å². The first kappa shape index (κ1) is 14.5. The molecule has 0 radical (unpaired) electrons. The molecule has 2 unspecified atom stereocenters. The second kappa shape index (κ2) is 7.64. The second-order valence-corrected chi connectivity index (χ2v) is 5.83. The smallest absolute Gasteiger partial charge is 0.127 e. The summed E-state index contributed by atoms with van der Waals surface area (Å²) in [6.45, 7) is 2.94. The van der Waals surface area contributed by atoms with E-state index in [0.29, 0.717) is 12.6 Å². The Balaban J connectivity index is 1.79. The zero-order valence-corrected chi connectivity index (χ0v) is 12.0. The van der Waals surface area contributed by atoms with Crippen molar-refractivity contribution < 1.29 is 4.39 Å². The van der Waals surface area contributed by atoms with Gasteiger partial charge in [0.25, 0.3) is 0 Å². The summed E-state index contributed by atoms with van der Waals surface area (Å²) >= 11 is 0. The van der Waals surface area contributed by atoms with Gasteiger partial charge in [-0.3, -0.25) is 0 Å². The molecule has 1 aliphatic carbocycles. The van der Waals surface area contributed by atoms with Crippen molar-refractivity contribution in [2.45, 2.75) is 64.5 Å². The fraction of sp³-hybridized carbons (Fsp3) is 0.647. The average Bonchev–Trinajstić information content (AvgIpc) is 2.64. The van der Waals surface area contributed by atoms with E-state index >= 15 is 0 Å². The zero-order valence-electron chi connectivity index (χ0n) is 12.0. The van der Waals surface area contributed by atoms with E-state index in [2.05, 4.69) is 12.2 Å². The summed E-state index contributed by atoms with van der Waals surface area (Å²) in [6.07, 6.45) is 9.21. The molecular formula is C17H26FN. The second-order valence-electron chi connectivity index (χ2n) is 5.83. The minimum absolute atomic E-state index is 0.0903. The van der Waals surface area contributed by atoms with E-state index in [4.69, 9.17) is 0 Å². The highest BCUT2D eigenvalue weighted by Gasteiger charge is 2.18. The molecule has 0 spiro atoms. The number of halogens is 1. The standard InChI is InChI=1S/C17H26FN/c1-2-6-14-7-5-9-16(12-11-14)19-13-15-8-3-4-10-17(15)18/h3-4,8,10,14,16,19H,2,5-7,9,11-13H2,1H3. The van der Waals surface area contributed by atoms with Gasteiger partial charge < -0.3 is 5.32 Å². The maximum absolute atomic E-state index is 13.5. The van der Waals surface area contributed by atoms with E-state index in [0.717, 1.165) is 11.5 Å². The van der Waals surface area contributed by atoms with Crippen molar-refractivity contribution >= 4 is 0 Å². The van der Waals surface area contributed by atoms with Crippen LogP contribution >= 0.6 is 0 Å². The van der Waals surface area contributed by atoms with Crippen LogP contribution in [0, 0.1) is 11.7 Å². The molecule has 2 rings (SSSR count). The molecule has 1 aromatic carbocycles. The number of rotatable bonds is 5. The molecule has 19 heavy (non-hydrogen) atoms. The van der Waals surface area contributed by atoms with Crippen molar-refractivity contribution in [3.05, 3.63) is 35.6 Å². The van der Waals surface area contributed by atoms with Gasteiger partial charge in [0.1, 0.15) is 5.82 Å². The van der Waals surface area contributed by atoms with Gasteiger partial charge in [-0.05, 0) is 31.2 Å². The monoisotopic (exact) mass is 263 g/mol. The maximum Gasteiger partial charge on any atom is 0.127 e. The molecule has 2 atom stereocenters. The summed E-state index contributed by atoms with van der Waals surface area (Å²) in [7, 11) is 0.